The molecule has 4 nitrogen and oxygen atoms in total. The highest BCUT2D eigenvalue weighted by Crippen LogP contribution is 2.33. The zero-order valence-corrected chi connectivity index (χ0v) is 12.8. The Labute approximate surface area is 126 Å². The van der Waals surface area contributed by atoms with E-state index in [1.54, 1.807) is 0 Å². The number of hydrogen-bond donors (Lipinski definition) is 1. The lowest BCUT2D eigenvalue weighted by Gasteiger charge is -2.34. The molecule has 0 unspecified atom stereocenters. The Morgan fingerprint density at radius 2 is 1.90 bits per heavy atom. The summed E-state index contributed by atoms with van der Waals surface area (Å²) >= 11 is 0. The first-order chi connectivity index (χ1) is 10.0. The second-order valence-corrected chi connectivity index (χ2v) is 5.85. The standard InChI is InChI=1S/C17H24O4/c1-3-20-16(18)14-8-10-17(19,11-9-14)12-21-15-6-4-13(2)5-7-15/h4-7,14,19H,3,8-12H2,1-2H3. The van der Waals surface area contributed by atoms with Crippen LogP contribution in [0.4, 0.5) is 0 Å². The highest BCUT2D eigenvalue weighted by Gasteiger charge is 2.37. The zero-order valence-electron chi connectivity index (χ0n) is 12.8. The van der Waals surface area contributed by atoms with Crippen molar-refractivity contribution in [3.63, 3.8) is 0 Å². The van der Waals surface area contributed by atoms with Crippen LogP contribution in [0.1, 0.15) is 38.2 Å². The lowest BCUT2D eigenvalue weighted by atomic mass is 9.79. The smallest absolute Gasteiger partial charge is 0.308 e. The maximum atomic E-state index is 11.7. The predicted octanol–water partition coefficient (Wildman–Crippen LogP) is 2.86. The van der Waals surface area contributed by atoms with Crippen LogP contribution in [0.3, 0.4) is 0 Å². The summed E-state index contributed by atoms with van der Waals surface area (Å²) in [6, 6.07) is 7.78. The van der Waals surface area contributed by atoms with Crippen LogP contribution in [0.15, 0.2) is 24.3 Å². The highest BCUT2D eigenvalue weighted by atomic mass is 16.5. The molecule has 1 aliphatic rings. The fourth-order valence-corrected chi connectivity index (χ4v) is 2.65. The quantitative estimate of drug-likeness (QED) is 0.848. The maximum absolute atomic E-state index is 11.7. The van der Waals surface area contributed by atoms with Crippen LogP contribution >= 0.6 is 0 Å². The molecule has 1 aromatic carbocycles. The van der Waals surface area contributed by atoms with Gasteiger partial charge in [0.05, 0.1) is 18.1 Å². The average Bonchev–Trinajstić information content (AvgIpc) is 2.48. The maximum Gasteiger partial charge on any atom is 0.308 e. The predicted molar refractivity (Wildman–Crippen MR) is 80.2 cm³/mol. The Balaban J connectivity index is 1.82. The van der Waals surface area contributed by atoms with E-state index in [4.69, 9.17) is 9.47 Å². The van der Waals surface area contributed by atoms with E-state index in [9.17, 15) is 9.90 Å². The number of rotatable bonds is 5. The number of aliphatic hydroxyl groups is 1. The number of benzene rings is 1. The van der Waals surface area contributed by atoms with E-state index >= 15 is 0 Å². The molecule has 1 aromatic rings. The third-order valence-electron chi connectivity index (χ3n) is 4.06. The zero-order chi connectivity index (χ0) is 15.3. The van der Waals surface area contributed by atoms with Crippen molar-refractivity contribution in [2.45, 2.75) is 45.1 Å². The van der Waals surface area contributed by atoms with E-state index in [0.717, 1.165) is 5.75 Å². The largest absolute Gasteiger partial charge is 0.491 e. The minimum atomic E-state index is -0.839. The lowest BCUT2D eigenvalue weighted by molar-refractivity contribution is -0.151. The molecule has 0 radical (unpaired) electrons. The van der Waals surface area contributed by atoms with Gasteiger partial charge in [-0.3, -0.25) is 4.79 Å². The Hall–Kier alpha value is -1.55. The van der Waals surface area contributed by atoms with Gasteiger partial charge in [0.25, 0.3) is 0 Å². The van der Waals surface area contributed by atoms with Crippen LogP contribution in [0.2, 0.25) is 0 Å². The molecule has 0 aromatic heterocycles. The number of hydrogen-bond acceptors (Lipinski definition) is 4. The molecule has 21 heavy (non-hydrogen) atoms. The van der Waals surface area contributed by atoms with Gasteiger partial charge in [0.1, 0.15) is 12.4 Å². The summed E-state index contributed by atoms with van der Waals surface area (Å²) in [5.41, 5.74) is 0.337. The van der Waals surface area contributed by atoms with E-state index in [-0.39, 0.29) is 18.5 Å². The van der Waals surface area contributed by atoms with E-state index in [0.29, 0.717) is 32.3 Å². The van der Waals surface area contributed by atoms with Crippen molar-refractivity contribution in [3.05, 3.63) is 29.8 Å². The lowest BCUT2D eigenvalue weighted by Crippen LogP contribution is -2.41. The van der Waals surface area contributed by atoms with Crippen LogP contribution < -0.4 is 4.74 Å². The van der Waals surface area contributed by atoms with Crippen molar-refractivity contribution in [1.82, 2.24) is 0 Å². The second kappa shape index (κ2) is 6.94. The minimum absolute atomic E-state index is 0.0791. The first-order valence-electron chi connectivity index (χ1n) is 7.61. The average molecular weight is 292 g/mol. The summed E-state index contributed by atoms with van der Waals surface area (Å²) in [5, 5.41) is 10.5. The molecule has 0 saturated heterocycles. The van der Waals surface area contributed by atoms with Crippen LogP contribution in [-0.2, 0) is 9.53 Å². The molecule has 0 atom stereocenters. The summed E-state index contributed by atoms with van der Waals surface area (Å²) < 4.78 is 10.7. The summed E-state index contributed by atoms with van der Waals surface area (Å²) in [6.07, 6.45) is 2.46. The summed E-state index contributed by atoms with van der Waals surface area (Å²) in [5.74, 6) is 0.546. The van der Waals surface area contributed by atoms with Gasteiger partial charge in [0.2, 0.25) is 0 Å². The molecule has 0 spiro atoms. The van der Waals surface area contributed by atoms with Crippen molar-refractivity contribution < 1.29 is 19.4 Å². The Kier molecular flexibility index (Phi) is 5.23. The van der Waals surface area contributed by atoms with Gasteiger partial charge in [-0.15, -0.1) is 0 Å². The first kappa shape index (κ1) is 15.8. The van der Waals surface area contributed by atoms with Crippen molar-refractivity contribution >= 4 is 5.97 Å². The molecule has 116 valence electrons. The van der Waals surface area contributed by atoms with Gasteiger partial charge >= 0.3 is 5.97 Å². The molecule has 1 fully saturated rings. The van der Waals surface area contributed by atoms with Crippen LogP contribution in [-0.4, -0.2) is 29.9 Å². The number of ether oxygens (including phenoxy) is 2. The topological polar surface area (TPSA) is 55.8 Å². The van der Waals surface area contributed by atoms with Crippen LogP contribution in [0, 0.1) is 12.8 Å². The number of carbonyl (C=O) groups excluding carboxylic acids is 1. The van der Waals surface area contributed by atoms with E-state index in [1.807, 2.05) is 38.1 Å². The number of carbonyl (C=O) groups is 1. The molecule has 1 N–H and O–H groups in total. The van der Waals surface area contributed by atoms with Crippen molar-refractivity contribution in [3.8, 4) is 5.75 Å². The van der Waals surface area contributed by atoms with Gasteiger partial charge < -0.3 is 14.6 Å². The van der Waals surface area contributed by atoms with Crippen LogP contribution in [0.5, 0.6) is 5.75 Å². The van der Waals surface area contributed by atoms with E-state index in [2.05, 4.69) is 0 Å². The van der Waals surface area contributed by atoms with Gasteiger partial charge in [0, 0.05) is 0 Å². The van der Waals surface area contributed by atoms with Gasteiger partial charge in [-0.2, -0.15) is 0 Å². The highest BCUT2D eigenvalue weighted by molar-refractivity contribution is 5.72. The van der Waals surface area contributed by atoms with Gasteiger partial charge in [0.15, 0.2) is 0 Å². The van der Waals surface area contributed by atoms with Crippen molar-refractivity contribution in [2.75, 3.05) is 13.2 Å². The van der Waals surface area contributed by atoms with Gasteiger partial charge in [-0.1, -0.05) is 17.7 Å². The molecule has 0 amide bonds. The number of aryl methyl sites for hydroxylation is 1. The molecule has 1 saturated carbocycles. The Bertz CT molecular complexity index is 458. The molecular weight excluding hydrogens is 268 g/mol. The SMILES string of the molecule is CCOC(=O)C1CCC(O)(COc2ccc(C)cc2)CC1. The molecule has 4 heteroatoms. The fraction of sp³-hybridized carbons (Fsp3) is 0.588. The third-order valence-corrected chi connectivity index (χ3v) is 4.06. The van der Waals surface area contributed by atoms with E-state index in [1.165, 1.54) is 5.56 Å². The van der Waals surface area contributed by atoms with Gasteiger partial charge in [-0.25, -0.2) is 0 Å². The molecule has 0 heterocycles. The van der Waals surface area contributed by atoms with Crippen molar-refractivity contribution in [1.29, 1.82) is 0 Å². The fourth-order valence-electron chi connectivity index (χ4n) is 2.65. The molecule has 2 rings (SSSR count). The Morgan fingerprint density at radius 1 is 1.29 bits per heavy atom. The summed E-state index contributed by atoms with van der Waals surface area (Å²) in [6.45, 7) is 4.52. The van der Waals surface area contributed by atoms with Crippen LogP contribution in [0.25, 0.3) is 0 Å². The van der Waals surface area contributed by atoms with Crippen molar-refractivity contribution in [2.24, 2.45) is 5.92 Å². The third kappa shape index (κ3) is 4.46. The monoisotopic (exact) mass is 292 g/mol. The minimum Gasteiger partial charge on any atom is -0.491 e. The summed E-state index contributed by atoms with van der Waals surface area (Å²) in [4.78, 5) is 11.7. The second-order valence-electron chi connectivity index (χ2n) is 5.85. The first-order valence-corrected chi connectivity index (χ1v) is 7.61. The molecule has 1 aliphatic carbocycles. The van der Waals surface area contributed by atoms with Gasteiger partial charge in [-0.05, 0) is 51.7 Å². The molecular formula is C17H24O4. The normalized spacial score (nSPS) is 25.4. The van der Waals surface area contributed by atoms with E-state index < -0.39 is 5.60 Å². The molecule has 0 aliphatic heterocycles. The molecule has 0 bridgehead atoms. The Morgan fingerprint density at radius 3 is 2.48 bits per heavy atom. The summed E-state index contributed by atoms with van der Waals surface area (Å²) in [7, 11) is 0. The number of esters is 1.